The van der Waals surface area contributed by atoms with Gasteiger partial charge in [0.2, 0.25) is 11.8 Å². The number of benzene rings is 1. The molecule has 1 N–H and O–H groups in total. The highest BCUT2D eigenvalue weighted by molar-refractivity contribution is 6.06. The number of aliphatic hydroxyl groups is 1. The number of rotatable bonds is 0. The van der Waals surface area contributed by atoms with Crippen LogP contribution in [0.1, 0.15) is 30.9 Å². The zero-order valence-corrected chi connectivity index (χ0v) is 11.3. The van der Waals surface area contributed by atoms with Gasteiger partial charge in [-0.25, -0.2) is 0 Å². The molecule has 0 bridgehead atoms. The summed E-state index contributed by atoms with van der Waals surface area (Å²) in [5.74, 6) is -1.64. The van der Waals surface area contributed by atoms with Gasteiger partial charge >= 0.3 is 0 Å². The van der Waals surface area contributed by atoms with Gasteiger partial charge < -0.3 is 5.11 Å². The van der Waals surface area contributed by atoms with E-state index in [0.29, 0.717) is 0 Å². The third-order valence-corrected chi connectivity index (χ3v) is 4.71. The van der Waals surface area contributed by atoms with Crippen LogP contribution in [0.15, 0.2) is 24.3 Å². The van der Waals surface area contributed by atoms with Crippen LogP contribution < -0.4 is 0 Å². The van der Waals surface area contributed by atoms with Crippen molar-refractivity contribution in [3.05, 3.63) is 35.4 Å². The summed E-state index contributed by atoms with van der Waals surface area (Å²) in [6, 6.07) is 7.53. The zero-order chi connectivity index (χ0) is 13.9. The van der Waals surface area contributed by atoms with Gasteiger partial charge in [0.25, 0.3) is 0 Å². The summed E-state index contributed by atoms with van der Waals surface area (Å²) in [6.45, 7) is 3.59. The molecule has 1 aromatic rings. The molecule has 4 nitrogen and oxygen atoms in total. The highest BCUT2D eigenvalue weighted by Gasteiger charge is 2.59. The minimum atomic E-state index is -1.29. The third kappa shape index (κ3) is 1.38. The van der Waals surface area contributed by atoms with Gasteiger partial charge in [-0.2, -0.15) is 0 Å². The van der Waals surface area contributed by atoms with Crippen molar-refractivity contribution in [1.82, 2.24) is 4.90 Å². The molecule has 1 aliphatic heterocycles. The van der Waals surface area contributed by atoms with Crippen LogP contribution in [0.4, 0.5) is 0 Å². The number of hydrogen-bond acceptors (Lipinski definition) is 3. The Morgan fingerprint density at radius 2 is 1.84 bits per heavy atom. The molecule has 19 heavy (non-hydrogen) atoms. The summed E-state index contributed by atoms with van der Waals surface area (Å²) in [7, 11) is 1.50. The van der Waals surface area contributed by atoms with E-state index < -0.39 is 17.4 Å². The maximum Gasteiger partial charge on any atom is 0.236 e. The van der Waals surface area contributed by atoms with E-state index in [9.17, 15) is 14.7 Å². The Hall–Kier alpha value is -1.68. The lowest BCUT2D eigenvalue weighted by Crippen LogP contribution is -2.45. The summed E-state index contributed by atoms with van der Waals surface area (Å²) >= 11 is 0. The standard InChI is InChI=1S/C15H17NO3/c1-8-9-6-4-5-7-10(9)15(2,19)12-11(8)13(17)16(3)14(12)18/h4-8,11-12,19H,1-3H3. The van der Waals surface area contributed by atoms with E-state index in [1.54, 1.807) is 6.92 Å². The number of fused-ring (bicyclic) bond motifs is 2. The normalized spacial score (nSPS) is 37.3. The quantitative estimate of drug-likeness (QED) is 0.713. The molecule has 4 unspecified atom stereocenters. The monoisotopic (exact) mass is 259 g/mol. The Morgan fingerprint density at radius 3 is 2.53 bits per heavy atom. The van der Waals surface area contributed by atoms with Gasteiger partial charge in [0.15, 0.2) is 0 Å². The predicted octanol–water partition coefficient (Wildman–Crippen LogP) is 1.24. The average molecular weight is 259 g/mol. The molecule has 2 aliphatic rings. The summed E-state index contributed by atoms with van der Waals surface area (Å²) in [4.78, 5) is 25.7. The molecule has 4 heteroatoms. The van der Waals surface area contributed by atoms with Gasteiger partial charge in [0.05, 0.1) is 17.4 Å². The highest BCUT2D eigenvalue weighted by Crippen LogP contribution is 2.52. The molecule has 1 fully saturated rings. The number of carbonyl (C=O) groups excluding carboxylic acids is 2. The molecule has 1 aliphatic carbocycles. The number of likely N-dealkylation sites (tertiary alicyclic amines) is 1. The summed E-state index contributed by atoms with van der Waals surface area (Å²) < 4.78 is 0. The fourth-order valence-corrected chi connectivity index (χ4v) is 3.65. The highest BCUT2D eigenvalue weighted by atomic mass is 16.3. The molecule has 2 amide bonds. The molecular formula is C15H17NO3. The number of carbonyl (C=O) groups is 2. The SMILES string of the molecule is CC1c2ccccc2C(C)(O)C2C(=O)N(C)C(=O)C12. The van der Waals surface area contributed by atoms with E-state index in [4.69, 9.17) is 0 Å². The van der Waals surface area contributed by atoms with Crippen LogP contribution >= 0.6 is 0 Å². The lowest BCUT2D eigenvalue weighted by atomic mass is 9.63. The van der Waals surface area contributed by atoms with Gasteiger partial charge in [-0.05, 0) is 24.0 Å². The number of hydrogen-bond donors (Lipinski definition) is 1. The number of amides is 2. The first-order valence-corrected chi connectivity index (χ1v) is 6.50. The molecular weight excluding hydrogens is 242 g/mol. The molecule has 0 radical (unpaired) electrons. The van der Waals surface area contributed by atoms with E-state index in [1.165, 1.54) is 7.05 Å². The first kappa shape index (κ1) is 12.4. The van der Waals surface area contributed by atoms with Gasteiger partial charge in [0.1, 0.15) is 0 Å². The van der Waals surface area contributed by atoms with E-state index in [0.717, 1.165) is 16.0 Å². The van der Waals surface area contributed by atoms with Gasteiger partial charge in [-0.15, -0.1) is 0 Å². The number of nitrogens with zero attached hydrogens (tertiary/aromatic N) is 1. The Labute approximate surface area is 112 Å². The minimum Gasteiger partial charge on any atom is -0.385 e. The smallest absolute Gasteiger partial charge is 0.236 e. The van der Waals surface area contributed by atoms with E-state index in [2.05, 4.69) is 0 Å². The van der Waals surface area contributed by atoms with Crippen molar-refractivity contribution in [3.8, 4) is 0 Å². The summed E-state index contributed by atoms with van der Waals surface area (Å²) in [6.07, 6.45) is 0. The van der Waals surface area contributed by atoms with Crippen LogP contribution in [0.25, 0.3) is 0 Å². The Bertz CT molecular complexity index is 579. The fraction of sp³-hybridized carbons (Fsp3) is 0.467. The molecule has 4 atom stereocenters. The average Bonchev–Trinajstić information content (AvgIpc) is 2.62. The number of imide groups is 1. The largest absolute Gasteiger partial charge is 0.385 e. The molecule has 1 heterocycles. The lowest BCUT2D eigenvalue weighted by molar-refractivity contribution is -0.141. The van der Waals surface area contributed by atoms with Crippen LogP contribution in [0.3, 0.4) is 0 Å². The molecule has 3 rings (SSSR count). The van der Waals surface area contributed by atoms with Crippen molar-refractivity contribution < 1.29 is 14.7 Å². The third-order valence-electron chi connectivity index (χ3n) is 4.71. The second-order valence-corrected chi connectivity index (χ2v) is 5.76. The Morgan fingerprint density at radius 1 is 1.21 bits per heavy atom. The van der Waals surface area contributed by atoms with E-state index >= 15 is 0 Å². The first-order valence-electron chi connectivity index (χ1n) is 6.50. The summed E-state index contributed by atoms with van der Waals surface area (Å²) in [5.41, 5.74) is 0.441. The van der Waals surface area contributed by atoms with Crippen LogP contribution in [-0.2, 0) is 15.2 Å². The maximum atomic E-state index is 12.3. The molecule has 1 saturated heterocycles. The zero-order valence-electron chi connectivity index (χ0n) is 11.3. The molecule has 100 valence electrons. The Balaban J connectivity index is 2.25. The van der Waals surface area contributed by atoms with E-state index in [-0.39, 0.29) is 17.7 Å². The van der Waals surface area contributed by atoms with Gasteiger partial charge in [0, 0.05) is 7.05 Å². The van der Waals surface area contributed by atoms with Crippen LogP contribution in [0.2, 0.25) is 0 Å². The van der Waals surface area contributed by atoms with Gasteiger partial charge in [-0.3, -0.25) is 14.5 Å². The first-order chi connectivity index (χ1) is 8.87. The Kier molecular flexibility index (Phi) is 2.39. The van der Waals surface area contributed by atoms with Gasteiger partial charge in [-0.1, -0.05) is 31.2 Å². The predicted molar refractivity (Wildman–Crippen MR) is 69.2 cm³/mol. The van der Waals surface area contributed by atoms with Crippen molar-refractivity contribution in [2.45, 2.75) is 25.4 Å². The van der Waals surface area contributed by atoms with Crippen molar-refractivity contribution in [1.29, 1.82) is 0 Å². The van der Waals surface area contributed by atoms with Crippen molar-refractivity contribution in [2.75, 3.05) is 7.05 Å². The van der Waals surface area contributed by atoms with E-state index in [1.807, 2.05) is 31.2 Å². The van der Waals surface area contributed by atoms with Crippen LogP contribution in [-0.4, -0.2) is 28.9 Å². The molecule has 0 spiro atoms. The second-order valence-electron chi connectivity index (χ2n) is 5.76. The second kappa shape index (κ2) is 3.67. The van der Waals surface area contributed by atoms with Crippen LogP contribution in [0.5, 0.6) is 0 Å². The summed E-state index contributed by atoms with van der Waals surface area (Å²) in [5, 5.41) is 10.8. The molecule has 1 aromatic carbocycles. The van der Waals surface area contributed by atoms with Crippen molar-refractivity contribution >= 4 is 11.8 Å². The molecule has 0 aromatic heterocycles. The maximum absolute atomic E-state index is 12.3. The lowest BCUT2D eigenvalue weighted by Gasteiger charge is -2.41. The fourth-order valence-electron chi connectivity index (χ4n) is 3.65. The van der Waals surface area contributed by atoms with Crippen molar-refractivity contribution in [2.24, 2.45) is 11.8 Å². The van der Waals surface area contributed by atoms with Crippen molar-refractivity contribution in [3.63, 3.8) is 0 Å². The molecule has 0 saturated carbocycles. The van der Waals surface area contributed by atoms with Crippen LogP contribution in [0, 0.1) is 11.8 Å². The minimum absolute atomic E-state index is 0.0529. The topological polar surface area (TPSA) is 57.6 Å².